The van der Waals surface area contributed by atoms with Gasteiger partial charge in [-0.05, 0) is 44.3 Å². The number of nitrogens with two attached hydrogens (primary N) is 1. The maximum atomic E-state index is 11.8. The van der Waals surface area contributed by atoms with Crippen molar-refractivity contribution in [2.24, 2.45) is 10.8 Å². The van der Waals surface area contributed by atoms with Crippen LogP contribution in [0.2, 0.25) is 0 Å². The number of azide groups is 1. The summed E-state index contributed by atoms with van der Waals surface area (Å²) in [6, 6.07) is 0. The van der Waals surface area contributed by atoms with Crippen molar-refractivity contribution in [2.75, 3.05) is 32.7 Å². The first kappa shape index (κ1) is 15.8. The van der Waals surface area contributed by atoms with Gasteiger partial charge in [-0.2, -0.15) is 0 Å². The van der Waals surface area contributed by atoms with Gasteiger partial charge in [0, 0.05) is 24.5 Å². The van der Waals surface area contributed by atoms with Crippen molar-refractivity contribution in [3.05, 3.63) is 10.4 Å². The first-order valence-electron chi connectivity index (χ1n) is 6.93. The van der Waals surface area contributed by atoms with Crippen LogP contribution in [0.5, 0.6) is 0 Å². The van der Waals surface area contributed by atoms with Crippen LogP contribution in [-0.2, 0) is 4.79 Å². The van der Waals surface area contributed by atoms with Crippen LogP contribution in [0, 0.1) is 0 Å². The van der Waals surface area contributed by atoms with Crippen LogP contribution in [0.25, 0.3) is 10.4 Å². The Hall–Kier alpha value is -1.30. The highest BCUT2D eigenvalue weighted by atomic mass is 16.1. The first-order valence-corrected chi connectivity index (χ1v) is 6.93. The normalized spacial score (nSPS) is 24.5. The second kappa shape index (κ2) is 7.99. The van der Waals surface area contributed by atoms with E-state index in [2.05, 4.69) is 27.2 Å². The van der Waals surface area contributed by atoms with Crippen LogP contribution in [0.15, 0.2) is 5.11 Å². The van der Waals surface area contributed by atoms with E-state index in [1.165, 1.54) is 0 Å². The van der Waals surface area contributed by atoms with Crippen molar-refractivity contribution < 1.29 is 4.79 Å². The minimum atomic E-state index is -0.645. The Morgan fingerprint density at radius 2 is 2.32 bits per heavy atom. The van der Waals surface area contributed by atoms with Gasteiger partial charge in [0.15, 0.2) is 0 Å². The molecule has 7 nitrogen and oxygen atoms in total. The van der Waals surface area contributed by atoms with E-state index >= 15 is 0 Å². The fourth-order valence-electron chi connectivity index (χ4n) is 2.63. The van der Waals surface area contributed by atoms with E-state index in [4.69, 9.17) is 11.3 Å². The highest BCUT2D eigenvalue weighted by molar-refractivity contribution is 5.84. The summed E-state index contributed by atoms with van der Waals surface area (Å²) in [4.78, 5) is 16.9. The molecule has 1 unspecified atom stereocenters. The predicted octanol–water partition coefficient (Wildman–Crippen LogP) is 1.01. The van der Waals surface area contributed by atoms with E-state index < -0.39 is 5.54 Å². The SMILES string of the molecule is CCCN1CCCC(NCCN=[N+]=[N-])(C(N)=O)CC1. The summed E-state index contributed by atoms with van der Waals surface area (Å²) in [5, 5.41) is 6.68. The summed E-state index contributed by atoms with van der Waals surface area (Å²) in [5.41, 5.74) is 13.2. The molecule has 0 spiro atoms. The summed E-state index contributed by atoms with van der Waals surface area (Å²) in [5.74, 6) is -0.299. The Morgan fingerprint density at radius 1 is 1.53 bits per heavy atom. The zero-order chi connectivity index (χ0) is 14.1. The van der Waals surface area contributed by atoms with Crippen molar-refractivity contribution in [1.29, 1.82) is 0 Å². The van der Waals surface area contributed by atoms with Gasteiger partial charge in [-0.25, -0.2) is 0 Å². The maximum Gasteiger partial charge on any atom is 0.237 e. The summed E-state index contributed by atoms with van der Waals surface area (Å²) >= 11 is 0. The highest BCUT2D eigenvalue weighted by Gasteiger charge is 2.37. The average molecular weight is 268 g/mol. The van der Waals surface area contributed by atoms with Crippen molar-refractivity contribution in [3.63, 3.8) is 0 Å². The summed E-state index contributed by atoms with van der Waals surface area (Å²) < 4.78 is 0. The Kier molecular flexibility index (Phi) is 6.62. The minimum absolute atomic E-state index is 0.299. The molecule has 1 rings (SSSR count). The summed E-state index contributed by atoms with van der Waals surface area (Å²) in [7, 11) is 0. The number of nitrogens with zero attached hydrogens (tertiary/aromatic N) is 4. The third-order valence-corrected chi connectivity index (χ3v) is 3.68. The number of primary amides is 1. The van der Waals surface area contributed by atoms with Crippen molar-refractivity contribution in [2.45, 2.75) is 38.1 Å². The van der Waals surface area contributed by atoms with E-state index in [1.807, 2.05) is 0 Å². The van der Waals surface area contributed by atoms with E-state index in [0.29, 0.717) is 13.1 Å². The molecule has 1 aliphatic heterocycles. The number of nitrogens with one attached hydrogen (secondary N) is 1. The van der Waals surface area contributed by atoms with Gasteiger partial charge in [-0.15, -0.1) is 0 Å². The minimum Gasteiger partial charge on any atom is -0.368 e. The standard InChI is InChI=1S/C12H24N6O/c1-2-8-18-9-3-4-12(5-10-18,11(13)19)15-6-7-16-17-14/h15H,2-10H2,1H3,(H2,13,19). The average Bonchev–Trinajstić information content (AvgIpc) is 2.59. The number of amides is 1. The lowest BCUT2D eigenvalue weighted by Gasteiger charge is -2.30. The van der Waals surface area contributed by atoms with Gasteiger partial charge in [0.2, 0.25) is 5.91 Å². The number of carbonyl (C=O) groups excluding carboxylic acids is 1. The molecule has 0 bridgehead atoms. The molecule has 19 heavy (non-hydrogen) atoms. The fraction of sp³-hybridized carbons (Fsp3) is 0.917. The lowest BCUT2D eigenvalue weighted by Crippen LogP contribution is -2.56. The predicted molar refractivity (Wildman–Crippen MR) is 74.5 cm³/mol. The number of hydrogen-bond acceptors (Lipinski definition) is 4. The van der Waals surface area contributed by atoms with Gasteiger partial charge in [0.25, 0.3) is 0 Å². The number of hydrogen-bond donors (Lipinski definition) is 2. The van der Waals surface area contributed by atoms with Crippen molar-refractivity contribution in [3.8, 4) is 0 Å². The Morgan fingerprint density at radius 3 is 2.95 bits per heavy atom. The molecule has 0 aromatic heterocycles. The van der Waals surface area contributed by atoms with Gasteiger partial charge in [0.05, 0.1) is 5.54 Å². The van der Waals surface area contributed by atoms with Crippen LogP contribution in [0.4, 0.5) is 0 Å². The van der Waals surface area contributed by atoms with E-state index in [0.717, 1.165) is 45.3 Å². The monoisotopic (exact) mass is 268 g/mol. The zero-order valence-corrected chi connectivity index (χ0v) is 11.6. The molecule has 7 heteroatoms. The quantitative estimate of drug-likeness (QED) is 0.311. The molecular weight excluding hydrogens is 244 g/mol. The largest absolute Gasteiger partial charge is 0.368 e. The summed E-state index contributed by atoms with van der Waals surface area (Å²) in [6.45, 7) is 5.94. The number of carbonyl (C=O) groups is 1. The van der Waals surface area contributed by atoms with Crippen molar-refractivity contribution >= 4 is 5.91 Å². The molecule has 1 saturated heterocycles. The Labute approximate surface area is 114 Å². The molecule has 1 atom stereocenters. The van der Waals surface area contributed by atoms with Gasteiger partial charge in [-0.3, -0.25) is 4.79 Å². The molecule has 108 valence electrons. The molecule has 0 radical (unpaired) electrons. The van der Waals surface area contributed by atoms with E-state index in [1.54, 1.807) is 0 Å². The molecule has 0 saturated carbocycles. The third kappa shape index (κ3) is 4.70. The zero-order valence-electron chi connectivity index (χ0n) is 11.6. The van der Waals surface area contributed by atoms with Gasteiger partial charge in [0.1, 0.15) is 0 Å². The van der Waals surface area contributed by atoms with Gasteiger partial charge in [-0.1, -0.05) is 12.0 Å². The number of rotatable bonds is 7. The molecule has 0 aromatic carbocycles. The molecular formula is C12H24N6O. The first-order chi connectivity index (χ1) is 9.14. The van der Waals surface area contributed by atoms with E-state index in [9.17, 15) is 4.79 Å². The van der Waals surface area contributed by atoms with Crippen LogP contribution < -0.4 is 11.1 Å². The molecule has 3 N–H and O–H groups in total. The second-order valence-electron chi connectivity index (χ2n) is 5.02. The lowest BCUT2D eigenvalue weighted by atomic mass is 9.89. The summed E-state index contributed by atoms with van der Waals surface area (Å²) in [6.07, 6.45) is 3.54. The highest BCUT2D eigenvalue weighted by Crippen LogP contribution is 2.22. The van der Waals surface area contributed by atoms with Gasteiger partial charge >= 0.3 is 0 Å². The molecule has 0 aliphatic carbocycles. The Balaban J connectivity index is 2.60. The van der Waals surface area contributed by atoms with Crippen molar-refractivity contribution in [1.82, 2.24) is 10.2 Å². The molecule has 1 fully saturated rings. The smallest absolute Gasteiger partial charge is 0.237 e. The molecule has 0 aromatic rings. The Bertz CT molecular complexity index is 341. The maximum absolute atomic E-state index is 11.8. The molecule has 1 aliphatic rings. The van der Waals surface area contributed by atoms with E-state index in [-0.39, 0.29) is 5.91 Å². The third-order valence-electron chi connectivity index (χ3n) is 3.68. The van der Waals surface area contributed by atoms with Crippen LogP contribution in [-0.4, -0.2) is 49.1 Å². The van der Waals surface area contributed by atoms with Crippen LogP contribution in [0.3, 0.4) is 0 Å². The van der Waals surface area contributed by atoms with Crippen LogP contribution in [0.1, 0.15) is 32.6 Å². The van der Waals surface area contributed by atoms with Gasteiger partial charge < -0.3 is 16.0 Å². The fourth-order valence-corrected chi connectivity index (χ4v) is 2.63. The molecule has 1 amide bonds. The topological polar surface area (TPSA) is 107 Å². The van der Waals surface area contributed by atoms with Crippen LogP contribution >= 0.6 is 0 Å². The second-order valence-corrected chi connectivity index (χ2v) is 5.02. The lowest BCUT2D eigenvalue weighted by molar-refractivity contribution is -0.124. The number of likely N-dealkylation sites (tertiary alicyclic amines) is 1. The molecule has 1 heterocycles.